The van der Waals surface area contributed by atoms with Crippen molar-refractivity contribution in [3.8, 4) is 0 Å². The minimum absolute atomic E-state index is 0.0431. The van der Waals surface area contributed by atoms with Crippen molar-refractivity contribution in [3.63, 3.8) is 0 Å². The fourth-order valence-corrected chi connectivity index (χ4v) is 7.58. The van der Waals surface area contributed by atoms with E-state index in [-0.39, 0.29) is 47.4 Å². The molecule has 6 nitrogen and oxygen atoms in total. The highest BCUT2D eigenvalue weighted by molar-refractivity contribution is 6.01. The van der Waals surface area contributed by atoms with Crippen LogP contribution in [-0.2, 0) is 23.9 Å². The number of Topliss-reactive ketones (excluding diaryl/α,β-unsaturated/α-hetero) is 1. The van der Waals surface area contributed by atoms with E-state index in [4.69, 9.17) is 9.47 Å². The van der Waals surface area contributed by atoms with Gasteiger partial charge in [0.05, 0.1) is 19.3 Å². The van der Waals surface area contributed by atoms with Crippen LogP contribution in [0.5, 0.6) is 0 Å². The van der Waals surface area contributed by atoms with Crippen LogP contribution in [0.2, 0.25) is 0 Å². The Morgan fingerprint density at radius 3 is 2.71 bits per heavy atom. The van der Waals surface area contributed by atoms with Gasteiger partial charge in [-0.2, -0.15) is 0 Å². The topological polar surface area (TPSA) is 89.9 Å². The van der Waals surface area contributed by atoms with Gasteiger partial charge >= 0.3 is 5.97 Å². The summed E-state index contributed by atoms with van der Waals surface area (Å²) in [4.78, 5) is 36.5. The molecule has 0 aromatic heterocycles. The molecule has 4 rings (SSSR count). The van der Waals surface area contributed by atoms with E-state index in [0.29, 0.717) is 36.9 Å². The maximum atomic E-state index is 13.2. The quantitative estimate of drug-likeness (QED) is 0.328. The SMILES string of the molecule is C=C(C)C(=O)OCCCOCC(=O)C1CCC2C3CCC4=CC(=O)C=CC4(C)C3C(O)CC12C. The molecule has 0 aromatic carbocycles. The highest BCUT2D eigenvalue weighted by Gasteiger charge is 2.62. The molecule has 0 amide bonds. The van der Waals surface area contributed by atoms with Crippen LogP contribution in [0, 0.1) is 34.5 Å². The van der Waals surface area contributed by atoms with E-state index in [9.17, 15) is 19.5 Å². The summed E-state index contributed by atoms with van der Waals surface area (Å²) in [5.41, 5.74) is 1.00. The molecule has 0 saturated heterocycles. The summed E-state index contributed by atoms with van der Waals surface area (Å²) in [5.74, 6) is 0.451. The second-order valence-electron chi connectivity index (χ2n) is 11.2. The second-order valence-corrected chi connectivity index (χ2v) is 11.2. The summed E-state index contributed by atoms with van der Waals surface area (Å²) >= 11 is 0. The van der Waals surface area contributed by atoms with Crippen LogP contribution in [0.1, 0.15) is 59.3 Å². The van der Waals surface area contributed by atoms with Crippen LogP contribution in [0.3, 0.4) is 0 Å². The summed E-state index contributed by atoms with van der Waals surface area (Å²) in [6.45, 7) is 10.2. The predicted molar refractivity (Wildman–Crippen MR) is 128 cm³/mol. The summed E-state index contributed by atoms with van der Waals surface area (Å²) in [6, 6.07) is 0. The Balaban J connectivity index is 1.37. The molecule has 3 saturated carbocycles. The number of aliphatic hydroxyl groups is 1. The van der Waals surface area contributed by atoms with Crippen molar-refractivity contribution in [2.75, 3.05) is 19.8 Å². The highest BCUT2D eigenvalue weighted by atomic mass is 16.5. The molecule has 0 heterocycles. The van der Waals surface area contributed by atoms with Crippen molar-refractivity contribution in [2.24, 2.45) is 34.5 Å². The van der Waals surface area contributed by atoms with Gasteiger partial charge in [-0.05, 0) is 68.4 Å². The van der Waals surface area contributed by atoms with Crippen molar-refractivity contribution in [1.82, 2.24) is 0 Å². The first kappa shape index (κ1) is 25.1. The lowest BCUT2D eigenvalue weighted by Crippen LogP contribution is -2.56. The average molecular weight is 471 g/mol. The fraction of sp³-hybridized carbons (Fsp3) is 0.679. The van der Waals surface area contributed by atoms with Gasteiger partial charge in [-0.15, -0.1) is 0 Å². The van der Waals surface area contributed by atoms with E-state index in [1.165, 1.54) is 0 Å². The normalized spacial score (nSPS) is 38.4. The Labute approximate surface area is 202 Å². The number of allylic oxidation sites excluding steroid dienone is 4. The van der Waals surface area contributed by atoms with E-state index in [1.807, 2.05) is 6.08 Å². The van der Waals surface area contributed by atoms with Crippen LogP contribution in [0.25, 0.3) is 0 Å². The van der Waals surface area contributed by atoms with Crippen molar-refractivity contribution < 1.29 is 29.0 Å². The molecule has 7 atom stereocenters. The molecule has 6 heteroatoms. The lowest BCUT2D eigenvalue weighted by atomic mass is 9.46. The fourth-order valence-electron chi connectivity index (χ4n) is 7.58. The molecule has 3 fully saturated rings. The number of carbonyl (C=O) groups excluding carboxylic acids is 3. The average Bonchev–Trinajstić information content (AvgIpc) is 3.12. The van der Waals surface area contributed by atoms with Crippen molar-refractivity contribution in [3.05, 3.63) is 36.0 Å². The molecule has 0 bridgehead atoms. The first-order chi connectivity index (χ1) is 16.1. The van der Waals surface area contributed by atoms with Crippen LogP contribution < -0.4 is 0 Å². The molecule has 4 aliphatic rings. The zero-order valence-electron chi connectivity index (χ0n) is 20.7. The first-order valence-corrected chi connectivity index (χ1v) is 12.6. The molecule has 0 aromatic rings. The molecule has 0 spiro atoms. The van der Waals surface area contributed by atoms with Gasteiger partial charge in [0.15, 0.2) is 11.6 Å². The van der Waals surface area contributed by atoms with Crippen molar-refractivity contribution >= 4 is 17.5 Å². The van der Waals surface area contributed by atoms with Crippen molar-refractivity contribution in [1.29, 1.82) is 0 Å². The van der Waals surface area contributed by atoms with E-state index in [0.717, 1.165) is 31.3 Å². The Kier molecular flexibility index (Phi) is 7.03. The number of ketones is 2. The van der Waals surface area contributed by atoms with Crippen LogP contribution in [0.15, 0.2) is 36.0 Å². The molecule has 4 aliphatic carbocycles. The van der Waals surface area contributed by atoms with E-state index >= 15 is 0 Å². The van der Waals surface area contributed by atoms with Gasteiger partial charge in [0, 0.05) is 29.2 Å². The number of esters is 1. The minimum atomic E-state index is -0.505. The van der Waals surface area contributed by atoms with E-state index < -0.39 is 12.1 Å². The number of fused-ring (bicyclic) bond motifs is 5. The summed E-state index contributed by atoms with van der Waals surface area (Å²) in [5, 5.41) is 11.4. The molecular weight excluding hydrogens is 432 g/mol. The Morgan fingerprint density at radius 1 is 1.21 bits per heavy atom. The predicted octanol–water partition coefficient (Wildman–Crippen LogP) is 3.98. The van der Waals surface area contributed by atoms with E-state index in [1.54, 1.807) is 19.1 Å². The number of hydrogen-bond acceptors (Lipinski definition) is 6. The van der Waals surface area contributed by atoms with Gasteiger partial charge in [0.1, 0.15) is 6.61 Å². The Morgan fingerprint density at radius 2 is 1.97 bits per heavy atom. The number of hydrogen-bond donors (Lipinski definition) is 1. The number of carbonyl (C=O) groups is 3. The summed E-state index contributed by atoms with van der Waals surface area (Å²) in [6.07, 6.45) is 9.76. The van der Waals surface area contributed by atoms with Gasteiger partial charge < -0.3 is 14.6 Å². The van der Waals surface area contributed by atoms with Gasteiger partial charge in [-0.1, -0.05) is 32.1 Å². The van der Waals surface area contributed by atoms with Crippen LogP contribution >= 0.6 is 0 Å². The highest BCUT2D eigenvalue weighted by Crippen LogP contribution is 2.66. The first-order valence-electron chi connectivity index (χ1n) is 12.6. The third-order valence-corrected chi connectivity index (χ3v) is 9.14. The van der Waals surface area contributed by atoms with Gasteiger partial charge in [-0.25, -0.2) is 4.79 Å². The molecule has 186 valence electrons. The molecule has 1 N–H and O–H groups in total. The zero-order chi connectivity index (χ0) is 24.7. The standard InChI is InChI=1S/C28H38O6/c1-17(2)26(32)34-13-5-12-33-16-24(31)22-9-8-21-20-7-6-18-14-19(29)10-11-27(18,3)25(20)23(30)15-28(21,22)4/h10-11,14,20-23,25,30H,1,5-9,12-13,15-16H2,2-4H3. The van der Waals surface area contributed by atoms with Crippen LogP contribution in [-0.4, -0.2) is 48.6 Å². The van der Waals surface area contributed by atoms with Crippen LogP contribution in [0.4, 0.5) is 0 Å². The summed E-state index contributed by atoms with van der Waals surface area (Å²) < 4.78 is 10.7. The molecule has 0 aliphatic heterocycles. The van der Waals surface area contributed by atoms with Gasteiger partial charge in [0.25, 0.3) is 0 Å². The lowest BCUT2D eigenvalue weighted by molar-refractivity contribution is -0.144. The monoisotopic (exact) mass is 470 g/mol. The molecule has 34 heavy (non-hydrogen) atoms. The Bertz CT molecular complexity index is 931. The smallest absolute Gasteiger partial charge is 0.333 e. The molecule has 7 unspecified atom stereocenters. The lowest BCUT2D eigenvalue weighted by Gasteiger charge is -2.58. The van der Waals surface area contributed by atoms with Gasteiger partial charge in [0.2, 0.25) is 0 Å². The maximum Gasteiger partial charge on any atom is 0.333 e. The van der Waals surface area contributed by atoms with Gasteiger partial charge in [-0.3, -0.25) is 9.59 Å². The minimum Gasteiger partial charge on any atom is -0.462 e. The van der Waals surface area contributed by atoms with E-state index in [2.05, 4.69) is 20.4 Å². The number of ether oxygens (including phenoxy) is 2. The number of rotatable bonds is 8. The van der Waals surface area contributed by atoms with Crippen molar-refractivity contribution in [2.45, 2.75) is 65.4 Å². The second kappa shape index (κ2) is 9.54. The Hall–Kier alpha value is -2.05. The third kappa shape index (κ3) is 4.35. The molecular formula is C28H38O6. The third-order valence-electron chi connectivity index (χ3n) is 9.14. The molecule has 0 radical (unpaired) electrons. The summed E-state index contributed by atoms with van der Waals surface area (Å²) in [7, 11) is 0. The zero-order valence-corrected chi connectivity index (χ0v) is 20.7. The maximum absolute atomic E-state index is 13.2. The number of aliphatic hydroxyl groups excluding tert-OH is 1. The largest absolute Gasteiger partial charge is 0.462 e.